The van der Waals surface area contributed by atoms with Crippen LogP contribution in [-0.4, -0.2) is 30.1 Å². The fourth-order valence-corrected chi connectivity index (χ4v) is 3.30. The minimum absolute atomic E-state index is 0.308. The lowest BCUT2D eigenvalue weighted by atomic mass is 9.96. The summed E-state index contributed by atoms with van der Waals surface area (Å²) in [6, 6.07) is 3.14. The van der Waals surface area contributed by atoms with E-state index in [-0.39, 0.29) is 0 Å². The maximum absolute atomic E-state index is 6.07. The monoisotopic (exact) mass is 238 g/mol. The number of nitrogens with two attached hydrogens (primary N) is 1. The Morgan fingerprint density at radius 1 is 1.56 bits per heavy atom. The number of hydrogen-bond donors (Lipinski definition) is 1. The van der Waals surface area contributed by atoms with Gasteiger partial charge in [-0.05, 0) is 55.1 Å². The van der Waals surface area contributed by atoms with Gasteiger partial charge in [-0.1, -0.05) is 6.42 Å². The highest BCUT2D eigenvalue weighted by Gasteiger charge is 2.24. The molecule has 1 aliphatic rings. The number of piperidine rings is 1. The summed E-state index contributed by atoms with van der Waals surface area (Å²) in [5, 5.41) is 4.42. The average Bonchev–Trinajstić information content (AvgIpc) is 2.79. The summed E-state index contributed by atoms with van der Waals surface area (Å²) in [6.45, 7) is 4.55. The molecule has 2 unspecified atom stereocenters. The molecule has 0 spiro atoms. The zero-order valence-electron chi connectivity index (χ0n) is 10.1. The van der Waals surface area contributed by atoms with Crippen LogP contribution in [-0.2, 0) is 6.42 Å². The molecule has 0 radical (unpaired) electrons. The Morgan fingerprint density at radius 3 is 3.12 bits per heavy atom. The van der Waals surface area contributed by atoms with Crippen molar-refractivity contribution in [1.29, 1.82) is 0 Å². The molecular formula is C13H22N2S. The van der Waals surface area contributed by atoms with Gasteiger partial charge in [-0.25, -0.2) is 0 Å². The molecule has 1 aromatic rings. The Bertz CT molecular complexity index is 295. The van der Waals surface area contributed by atoms with Crippen LogP contribution in [0, 0.1) is 0 Å². The maximum atomic E-state index is 6.07. The van der Waals surface area contributed by atoms with Gasteiger partial charge >= 0.3 is 0 Å². The van der Waals surface area contributed by atoms with Crippen molar-refractivity contribution in [1.82, 2.24) is 4.90 Å². The first-order chi connectivity index (χ1) is 7.77. The molecule has 1 aromatic heterocycles. The van der Waals surface area contributed by atoms with Gasteiger partial charge in [-0.3, -0.25) is 4.90 Å². The standard InChI is InChI=1S/C13H22N2S/c1-11(14)13-4-2-3-7-15(13)8-5-12-6-9-16-10-12/h6,9-11,13H,2-5,7-8,14H2,1H3. The lowest BCUT2D eigenvalue weighted by molar-refractivity contribution is 0.132. The molecular weight excluding hydrogens is 216 g/mol. The Labute approximate surface area is 102 Å². The zero-order valence-corrected chi connectivity index (χ0v) is 10.9. The van der Waals surface area contributed by atoms with E-state index >= 15 is 0 Å². The predicted molar refractivity (Wildman–Crippen MR) is 70.9 cm³/mol. The molecule has 3 heteroatoms. The highest BCUT2D eigenvalue weighted by molar-refractivity contribution is 7.07. The number of nitrogens with zero attached hydrogens (tertiary/aromatic N) is 1. The quantitative estimate of drug-likeness (QED) is 0.873. The van der Waals surface area contributed by atoms with Crippen molar-refractivity contribution in [2.45, 2.75) is 44.7 Å². The van der Waals surface area contributed by atoms with E-state index in [4.69, 9.17) is 5.73 Å². The summed E-state index contributed by atoms with van der Waals surface area (Å²) in [4.78, 5) is 2.59. The van der Waals surface area contributed by atoms with Crippen LogP contribution in [0.5, 0.6) is 0 Å². The summed E-state index contributed by atoms with van der Waals surface area (Å²) in [5.74, 6) is 0. The predicted octanol–water partition coefficient (Wildman–Crippen LogP) is 2.49. The van der Waals surface area contributed by atoms with Crippen LogP contribution in [0.4, 0.5) is 0 Å². The van der Waals surface area contributed by atoms with Gasteiger partial charge in [-0.15, -0.1) is 0 Å². The Hall–Kier alpha value is -0.380. The van der Waals surface area contributed by atoms with Crippen LogP contribution in [0.3, 0.4) is 0 Å². The molecule has 1 fully saturated rings. The molecule has 90 valence electrons. The van der Waals surface area contributed by atoms with E-state index in [2.05, 4.69) is 28.7 Å². The number of thiophene rings is 1. The molecule has 2 atom stereocenters. The molecule has 1 saturated heterocycles. The molecule has 0 saturated carbocycles. The zero-order chi connectivity index (χ0) is 11.4. The third kappa shape index (κ3) is 3.06. The van der Waals surface area contributed by atoms with E-state index in [9.17, 15) is 0 Å². The second kappa shape index (κ2) is 5.80. The fourth-order valence-electron chi connectivity index (χ4n) is 2.60. The van der Waals surface area contributed by atoms with Crippen molar-refractivity contribution in [2.24, 2.45) is 5.73 Å². The second-order valence-corrected chi connectivity index (χ2v) is 5.62. The first kappa shape index (κ1) is 12.1. The van der Waals surface area contributed by atoms with Crippen LogP contribution in [0.25, 0.3) is 0 Å². The Morgan fingerprint density at radius 2 is 2.44 bits per heavy atom. The van der Waals surface area contributed by atoms with Gasteiger partial charge < -0.3 is 5.73 Å². The molecule has 2 heterocycles. The number of likely N-dealkylation sites (tertiary alicyclic amines) is 1. The van der Waals surface area contributed by atoms with Gasteiger partial charge in [0.1, 0.15) is 0 Å². The molecule has 2 rings (SSSR count). The highest BCUT2D eigenvalue weighted by atomic mass is 32.1. The van der Waals surface area contributed by atoms with E-state index in [1.54, 1.807) is 11.3 Å². The van der Waals surface area contributed by atoms with Crippen molar-refractivity contribution in [2.75, 3.05) is 13.1 Å². The summed E-state index contributed by atoms with van der Waals surface area (Å²) in [6.07, 6.45) is 5.14. The fraction of sp³-hybridized carbons (Fsp3) is 0.692. The first-order valence-electron chi connectivity index (χ1n) is 6.28. The number of hydrogen-bond acceptors (Lipinski definition) is 3. The van der Waals surface area contributed by atoms with E-state index in [1.807, 2.05) is 0 Å². The smallest absolute Gasteiger partial charge is 0.0244 e. The van der Waals surface area contributed by atoms with Gasteiger partial charge in [0.05, 0.1) is 0 Å². The van der Waals surface area contributed by atoms with Crippen LogP contribution < -0.4 is 5.73 Å². The highest BCUT2D eigenvalue weighted by Crippen LogP contribution is 2.19. The SMILES string of the molecule is CC(N)C1CCCCN1CCc1ccsc1. The van der Waals surface area contributed by atoms with E-state index in [1.165, 1.54) is 44.3 Å². The summed E-state index contributed by atoms with van der Waals surface area (Å²) in [7, 11) is 0. The van der Waals surface area contributed by atoms with Gasteiger partial charge in [0, 0.05) is 18.6 Å². The van der Waals surface area contributed by atoms with E-state index in [0.29, 0.717) is 12.1 Å². The van der Waals surface area contributed by atoms with Gasteiger partial charge in [-0.2, -0.15) is 11.3 Å². The maximum Gasteiger partial charge on any atom is 0.0244 e. The Balaban J connectivity index is 1.86. The lowest BCUT2D eigenvalue weighted by Gasteiger charge is -2.38. The van der Waals surface area contributed by atoms with Crippen LogP contribution >= 0.6 is 11.3 Å². The topological polar surface area (TPSA) is 29.3 Å². The van der Waals surface area contributed by atoms with Crippen molar-refractivity contribution >= 4 is 11.3 Å². The van der Waals surface area contributed by atoms with Crippen molar-refractivity contribution in [3.63, 3.8) is 0 Å². The largest absolute Gasteiger partial charge is 0.327 e. The van der Waals surface area contributed by atoms with E-state index in [0.717, 1.165) is 0 Å². The van der Waals surface area contributed by atoms with Crippen molar-refractivity contribution < 1.29 is 0 Å². The first-order valence-corrected chi connectivity index (χ1v) is 7.22. The van der Waals surface area contributed by atoms with Crippen LogP contribution in [0.1, 0.15) is 31.7 Å². The summed E-state index contributed by atoms with van der Waals surface area (Å²) >= 11 is 1.79. The minimum atomic E-state index is 0.308. The third-order valence-electron chi connectivity index (χ3n) is 3.54. The third-order valence-corrected chi connectivity index (χ3v) is 4.27. The Kier molecular flexibility index (Phi) is 4.38. The molecule has 2 nitrogen and oxygen atoms in total. The molecule has 0 bridgehead atoms. The summed E-state index contributed by atoms with van der Waals surface area (Å²) < 4.78 is 0. The second-order valence-electron chi connectivity index (χ2n) is 4.84. The van der Waals surface area contributed by atoms with Gasteiger partial charge in [0.25, 0.3) is 0 Å². The molecule has 16 heavy (non-hydrogen) atoms. The van der Waals surface area contributed by atoms with Crippen molar-refractivity contribution in [3.05, 3.63) is 22.4 Å². The van der Waals surface area contributed by atoms with Crippen LogP contribution in [0.15, 0.2) is 16.8 Å². The molecule has 1 aliphatic heterocycles. The van der Waals surface area contributed by atoms with Crippen molar-refractivity contribution in [3.8, 4) is 0 Å². The molecule has 0 aliphatic carbocycles. The normalized spacial score (nSPS) is 24.5. The van der Waals surface area contributed by atoms with Gasteiger partial charge in [0.2, 0.25) is 0 Å². The summed E-state index contributed by atoms with van der Waals surface area (Å²) in [5.41, 5.74) is 7.54. The average molecular weight is 238 g/mol. The minimum Gasteiger partial charge on any atom is -0.327 e. The van der Waals surface area contributed by atoms with E-state index < -0.39 is 0 Å². The van der Waals surface area contributed by atoms with Gasteiger partial charge in [0.15, 0.2) is 0 Å². The molecule has 0 amide bonds. The molecule has 0 aromatic carbocycles. The van der Waals surface area contributed by atoms with Crippen LogP contribution in [0.2, 0.25) is 0 Å². The lowest BCUT2D eigenvalue weighted by Crippen LogP contribution is -2.49. The number of rotatable bonds is 4. The molecule has 2 N–H and O–H groups in total.